The molecule has 5 heterocycles. The summed E-state index contributed by atoms with van der Waals surface area (Å²) in [5, 5.41) is 15.3. The summed E-state index contributed by atoms with van der Waals surface area (Å²) < 4.78 is 31.5. The topological polar surface area (TPSA) is 126 Å². The van der Waals surface area contributed by atoms with Gasteiger partial charge >= 0.3 is 0 Å². The first-order chi connectivity index (χ1) is 21.1. The Bertz CT molecular complexity index is 1490. The van der Waals surface area contributed by atoms with E-state index in [9.17, 15) is 18.4 Å². The summed E-state index contributed by atoms with van der Waals surface area (Å²) in [7, 11) is 2.09. The minimum absolute atomic E-state index is 0.0313. The van der Waals surface area contributed by atoms with Crippen molar-refractivity contribution in [3.05, 3.63) is 35.5 Å². The van der Waals surface area contributed by atoms with Gasteiger partial charge in [0.1, 0.15) is 11.4 Å². The van der Waals surface area contributed by atoms with E-state index < -0.39 is 12.0 Å². The molecule has 1 aliphatic carbocycles. The van der Waals surface area contributed by atoms with Crippen molar-refractivity contribution in [1.82, 2.24) is 44.9 Å². The van der Waals surface area contributed by atoms with Crippen LogP contribution in [0, 0.1) is 17.8 Å². The number of imidazole rings is 1. The molecule has 2 aliphatic heterocycles. The minimum Gasteiger partial charge on any atom is -0.356 e. The van der Waals surface area contributed by atoms with Crippen molar-refractivity contribution in [2.45, 2.75) is 70.9 Å². The van der Waals surface area contributed by atoms with Gasteiger partial charge in [0, 0.05) is 70.6 Å². The molecule has 14 heteroatoms. The number of amides is 2. The highest BCUT2D eigenvalue weighted by atomic mass is 19.3. The fraction of sp³-hybridized carbons (Fsp3) is 0.667. The number of anilines is 1. The Morgan fingerprint density at radius 1 is 1.18 bits per heavy atom. The van der Waals surface area contributed by atoms with Crippen molar-refractivity contribution >= 4 is 23.4 Å². The summed E-state index contributed by atoms with van der Waals surface area (Å²) in [5.74, 6) is -1.98. The third-order valence-corrected chi connectivity index (χ3v) is 9.39. The molecular weight excluding hydrogens is 570 g/mol. The van der Waals surface area contributed by atoms with Crippen molar-refractivity contribution in [3.8, 4) is 0 Å². The van der Waals surface area contributed by atoms with Gasteiger partial charge < -0.3 is 20.4 Å². The number of carbonyl (C=O) groups excluding carboxylic acids is 2. The number of nitrogens with zero attached hydrogens (tertiary/aromatic N) is 8. The normalized spacial score (nSPS) is 23.9. The van der Waals surface area contributed by atoms with Crippen LogP contribution in [-0.2, 0) is 17.8 Å². The minimum atomic E-state index is -2.71. The van der Waals surface area contributed by atoms with Crippen molar-refractivity contribution in [2.24, 2.45) is 17.8 Å². The third kappa shape index (κ3) is 6.40. The number of hydrogen-bond donors (Lipinski definition) is 2. The molecule has 238 valence electrons. The number of fused-ring (bicyclic) bond motifs is 1. The van der Waals surface area contributed by atoms with Crippen molar-refractivity contribution in [3.63, 3.8) is 0 Å². The number of halogens is 2. The Morgan fingerprint density at radius 2 is 1.93 bits per heavy atom. The van der Waals surface area contributed by atoms with E-state index in [1.807, 2.05) is 6.92 Å². The van der Waals surface area contributed by atoms with Crippen molar-refractivity contribution in [1.29, 1.82) is 0 Å². The van der Waals surface area contributed by atoms with Gasteiger partial charge in [-0.05, 0) is 51.1 Å². The number of hydrogen-bond acceptors (Lipinski definition) is 8. The lowest BCUT2D eigenvalue weighted by molar-refractivity contribution is -0.127. The highest BCUT2D eigenvalue weighted by Crippen LogP contribution is 2.41. The largest absolute Gasteiger partial charge is 0.356 e. The molecule has 2 saturated heterocycles. The fourth-order valence-corrected chi connectivity index (χ4v) is 6.74. The van der Waals surface area contributed by atoms with Gasteiger partial charge in [0.25, 0.3) is 11.7 Å². The smallest absolute Gasteiger partial charge is 0.270 e. The zero-order chi connectivity index (χ0) is 31.0. The molecule has 3 aromatic rings. The second kappa shape index (κ2) is 12.4. The van der Waals surface area contributed by atoms with E-state index in [1.54, 1.807) is 27.7 Å². The monoisotopic (exact) mass is 612 g/mol. The molecule has 0 bridgehead atoms. The van der Waals surface area contributed by atoms with Gasteiger partial charge in [0.2, 0.25) is 11.8 Å². The number of piperazine rings is 1. The third-order valence-electron chi connectivity index (χ3n) is 9.39. The molecule has 6 rings (SSSR count). The van der Waals surface area contributed by atoms with Gasteiger partial charge in [-0.25, -0.2) is 18.3 Å². The lowest BCUT2D eigenvalue weighted by Gasteiger charge is -2.34. The molecule has 44 heavy (non-hydrogen) atoms. The predicted octanol–water partition coefficient (Wildman–Crippen LogP) is 2.70. The molecule has 2 N–H and O–H groups in total. The number of nitrogens with one attached hydrogen (secondary N) is 2. The summed E-state index contributed by atoms with van der Waals surface area (Å²) in [4.78, 5) is 40.5. The Hall–Kier alpha value is -3.68. The summed E-state index contributed by atoms with van der Waals surface area (Å²) in [6.45, 7) is 8.53. The van der Waals surface area contributed by atoms with Crippen LogP contribution >= 0.6 is 0 Å². The molecule has 0 spiro atoms. The molecule has 2 unspecified atom stereocenters. The van der Waals surface area contributed by atoms with Crippen LogP contribution in [0.4, 0.5) is 14.6 Å². The number of piperidine rings is 1. The summed E-state index contributed by atoms with van der Waals surface area (Å²) in [6, 6.07) is 1.04. The number of carbonyl (C=O) groups is 2. The van der Waals surface area contributed by atoms with E-state index in [-0.39, 0.29) is 49.3 Å². The average Bonchev–Trinajstić information content (AvgIpc) is 3.65. The van der Waals surface area contributed by atoms with Gasteiger partial charge in [0.15, 0.2) is 5.82 Å². The van der Waals surface area contributed by atoms with Crippen LogP contribution in [0.25, 0.3) is 5.78 Å². The molecule has 0 radical (unpaired) electrons. The first-order valence-corrected chi connectivity index (χ1v) is 15.8. The molecule has 1 saturated carbocycles. The summed E-state index contributed by atoms with van der Waals surface area (Å²) in [5.41, 5.74) is 1.66. The number of aromatic nitrogens is 6. The Morgan fingerprint density at radius 3 is 2.66 bits per heavy atom. The van der Waals surface area contributed by atoms with Crippen LogP contribution in [0.3, 0.4) is 0 Å². The maximum absolute atomic E-state index is 14.2. The maximum atomic E-state index is 14.2. The van der Waals surface area contributed by atoms with E-state index in [2.05, 4.69) is 39.5 Å². The highest BCUT2D eigenvalue weighted by molar-refractivity contribution is 5.92. The predicted molar refractivity (Wildman–Crippen MR) is 159 cm³/mol. The van der Waals surface area contributed by atoms with Gasteiger partial charge in [-0.1, -0.05) is 6.92 Å². The molecule has 0 aromatic carbocycles. The molecule has 2 amide bonds. The van der Waals surface area contributed by atoms with E-state index in [1.165, 1.54) is 0 Å². The van der Waals surface area contributed by atoms with Crippen LogP contribution in [0.1, 0.15) is 73.9 Å². The highest BCUT2D eigenvalue weighted by Gasteiger charge is 2.40. The second-order valence-corrected chi connectivity index (χ2v) is 12.7. The number of rotatable bonds is 8. The molecule has 3 aromatic heterocycles. The van der Waals surface area contributed by atoms with E-state index in [0.717, 1.165) is 44.1 Å². The number of alkyl halides is 2. The number of likely N-dealkylation sites (N-methyl/N-ethyl adjacent to an activating group) is 1. The van der Waals surface area contributed by atoms with E-state index in [0.29, 0.717) is 42.6 Å². The lowest BCUT2D eigenvalue weighted by Crippen LogP contribution is -2.46. The molecule has 3 aliphatic rings. The van der Waals surface area contributed by atoms with Crippen LogP contribution in [0.15, 0.2) is 18.5 Å². The standard InChI is InChI=1S/C30H42F2N10O2/c1-4-41-24(7-10-34-41)28(44)36-25(20-5-8-30(31,32)9-6-20)23-18-42-29(35-23)37-26(40-13-11-39(3)12-14-40)22(38-42)16-21-15-19(2)17-33-27(21)43/h7,10,18-21,25H,4-6,8-9,11-17H2,1-3H3,(H,33,43)(H,36,44)/t19?,21-,25?/m1/s1. The molecule has 12 nitrogen and oxygen atoms in total. The first kappa shape index (κ1) is 30.4. The van der Waals surface area contributed by atoms with Crippen molar-refractivity contribution < 1.29 is 18.4 Å². The quantitative estimate of drug-likeness (QED) is 0.398. The summed E-state index contributed by atoms with van der Waals surface area (Å²) in [6.07, 6.45) is 4.59. The Labute approximate surface area is 255 Å². The lowest BCUT2D eigenvalue weighted by atomic mass is 9.81. The number of aryl methyl sites for hydroxylation is 1. The SMILES string of the molecule is CCn1nccc1C(=O)NC(c1cn2nc(C[C@H]3CC(C)CNC3=O)c(N3CCN(C)CC3)nc2n1)C1CCC(F)(F)CC1. The second-order valence-electron chi connectivity index (χ2n) is 12.7. The molecule has 3 atom stereocenters. The summed E-state index contributed by atoms with van der Waals surface area (Å²) >= 11 is 0. The van der Waals surface area contributed by atoms with Crippen LogP contribution < -0.4 is 15.5 Å². The van der Waals surface area contributed by atoms with Crippen LogP contribution in [0.2, 0.25) is 0 Å². The van der Waals surface area contributed by atoms with Gasteiger partial charge in [-0.2, -0.15) is 15.2 Å². The zero-order valence-corrected chi connectivity index (χ0v) is 25.7. The zero-order valence-electron chi connectivity index (χ0n) is 25.7. The molecular formula is C30H42F2N10O2. The fourth-order valence-electron chi connectivity index (χ4n) is 6.74. The van der Waals surface area contributed by atoms with Crippen molar-refractivity contribution in [2.75, 3.05) is 44.7 Å². The van der Waals surface area contributed by atoms with Crippen LogP contribution in [-0.4, -0.2) is 91.8 Å². The Kier molecular flexibility index (Phi) is 8.53. The average molecular weight is 613 g/mol. The van der Waals surface area contributed by atoms with E-state index in [4.69, 9.17) is 15.1 Å². The Balaban J connectivity index is 1.36. The molecule has 3 fully saturated rings. The van der Waals surface area contributed by atoms with Gasteiger partial charge in [-0.3, -0.25) is 14.3 Å². The first-order valence-electron chi connectivity index (χ1n) is 15.8. The maximum Gasteiger partial charge on any atom is 0.270 e. The van der Waals surface area contributed by atoms with E-state index >= 15 is 0 Å². The van der Waals surface area contributed by atoms with Crippen LogP contribution in [0.5, 0.6) is 0 Å². The van der Waals surface area contributed by atoms with Gasteiger partial charge in [-0.15, -0.1) is 0 Å². The van der Waals surface area contributed by atoms with Gasteiger partial charge in [0.05, 0.1) is 17.9 Å².